The Labute approximate surface area is 168 Å². The Morgan fingerprint density at radius 3 is 2.69 bits per heavy atom. The number of H-pyrrole nitrogens is 1. The van der Waals surface area contributed by atoms with E-state index in [2.05, 4.69) is 20.0 Å². The highest BCUT2D eigenvalue weighted by molar-refractivity contribution is 7.89. The number of nitrogens with zero attached hydrogens (tertiary/aromatic N) is 1. The molecule has 1 amide bonds. The number of para-hydroxylation sites is 2. The summed E-state index contributed by atoms with van der Waals surface area (Å²) < 4.78 is 33.1. The van der Waals surface area contributed by atoms with Gasteiger partial charge in [0.25, 0.3) is 5.91 Å². The van der Waals surface area contributed by atoms with Crippen molar-refractivity contribution in [1.82, 2.24) is 20.0 Å². The SMILES string of the molecule is COc1ccc(C(=O)N[C@@H](C)c2nc3ccccc3[nH]2)cc1S(=O)(=O)NC1CC1. The first-order chi connectivity index (χ1) is 13.9. The smallest absolute Gasteiger partial charge is 0.251 e. The average molecular weight is 414 g/mol. The van der Waals surface area contributed by atoms with Crippen LogP contribution in [0.25, 0.3) is 11.0 Å². The van der Waals surface area contributed by atoms with Crippen LogP contribution in [0.2, 0.25) is 0 Å². The van der Waals surface area contributed by atoms with E-state index in [-0.39, 0.29) is 28.3 Å². The fourth-order valence-corrected chi connectivity index (χ4v) is 4.54. The second-order valence-corrected chi connectivity index (χ2v) is 8.78. The molecule has 0 unspecified atom stereocenters. The molecule has 8 nitrogen and oxygen atoms in total. The molecule has 1 aromatic heterocycles. The predicted molar refractivity (Wildman–Crippen MR) is 108 cm³/mol. The zero-order valence-corrected chi connectivity index (χ0v) is 16.9. The van der Waals surface area contributed by atoms with E-state index in [1.54, 1.807) is 0 Å². The van der Waals surface area contributed by atoms with Crippen molar-refractivity contribution in [2.45, 2.75) is 36.7 Å². The number of sulfonamides is 1. The highest BCUT2D eigenvalue weighted by atomic mass is 32.2. The number of rotatable bonds is 7. The van der Waals surface area contributed by atoms with Gasteiger partial charge in [0.15, 0.2) is 0 Å². The van der Waals surface area contributed by atoms with Gasteiger partial charge in [0, 0.05) is 11.6 Å². The molecule has 3 aromatic rings. The monoisotopic (exact) mass is 414 g/mol. The van der Waals surface area contributed by atoms with Crippen LogP contribution in [-0.4, -0.2) is 37.4 Å². The Hall–Kier alpha value is -2.91. The van der Waals surface area contributed by atoms with Gasteiger partial charge in [0.2, 0.25) is 10.0 Å². The lowest BCUT2D eigenvalue weighted by Crippen LogP contribution is -2.29. The van der Waals surface area contributed by atoms with E-state index >= 15 is 0 Å². The lowest BCUT2D eigenvalue weighted by Gasteiger charge is -2.14. The number of methoxy groups -OCH3 is 1. The van der Waals surface area contributed by atoms with Crippen molar-refractivity contribution in [2.75, 3.05) is 7.11 Å². The number of hydrogen-bond acceptors (Lipinski definition) is 5. The largest absolute Gasteiger partial charge is 0.495 e. The maximum Gasteiger partial charge on any atom is 0.251 e. The standard InChI is InChI=1S/C20H22N4O4S/c1-12(19-22-15-5-3-4-6-16(15)23-19)21-20(25)13-7-10-17(28-2)18(11-13)29(26,27)24-14-8-9-14/h3-7,10-12,14,24H,8-9H2,1-2H3,(H,21,25)(H,22,23)/t12-/m0/s1. The van der Waals surface area contributed by atoms with Gasteiger partial charge in [0.05, 0.1) is 24.2 Å². The Morgan fingerprint density at radius 1 is 1.24 bits per heavy atom. The Morgan fingerprint density at radius 2 is 2.00 bits per heavy atom. The first-order valence-electron chi connectivity index (χ1n) is 9.33. The van der Waals surface area contributed by atoms with Gasteiger partial charge in [-0.05, 0) is 50.1 Å². The third-order valence-corrected chi connectivity index (χ3v) is 6.32. The van der Waals surface area contributed by atoms with E-state index in [1.165, 1.54) is 25.3 Å². The zero-order valence-electron chi connectivity index (χ0n) is 16.1. The van der Waals surface area contributed by atoms with Crippen LogP contribution >= 0.6 is 0 Å². The van der Waals surface area contributed by atoms with Crippen molar-refractivity contribution in [3.8, 4) is 5.75 Å². The maximum atomic E-state index is 12.7. The number of nitrogens with one attached hydrogen (secondary N) is 3. The van der Waals surface area contributed by atoms with Crippen LogP contribution in [0.3, 0.4) is 0 Å². The van der Waals surface area contributed by atoms with Gasteiger partial charge in [0.1, 0.15) is 16.5 Å². The number of benzene rings is 2. The molecule has 1 saturated carbocycles. The van der Waals surface area contributed by atoms with Crippen LogP contribution in [0.5, 0.6) is 5.75 Å². The summed E-state index contributed by atoms with van der Waals surface area (Å²) >= 11 is 0. The number of carbonyl (C=O) groups excluding carboxylic acids is 1. The molecule has 0 spiro atoms. The summed E-state index contributed by atoms with van der Waals surface area (Å²) in [5.74, 6) is 0.417. The fourth-order valence-electron chi connectivity index (χ4n) is 3.04. The van der Waals surface area contributed by atoms with Gasteiger partial charge in [-0.1, -0.05) is 12.1 Å². The van der Waals surface area contributed by atoms with Crippen LogP contribution in [-0.2, 0) is 10.0 Å². The number of aromatic nitrogens is 2. The Bertz CT molecular complexity index is 1140. The highest BCUT2D eigenvalue weighted by Crippen LogP contribution is 2.28. The molecule has 9 heteroatoms. The van der Waals surface area contributed by atoms with Crippen LogP contribution in [0.4, 0.5) is 0 Å². The van der Waals surface area contributed by atoms with Crippen LogP contribution in [0.15, 0.2) is 47.4 Å². The van der Waals surface area contributed by atoms with Gasteiger partial charge >= 0.3 is 0 Å². The molecule has 152 valence electrons. The zero-order chi connectivity index (χ0) is 20.6. The number of imidazole rings is 1. The lowest BCUT2D eigenvalue weighted by molar-refractivity contribution is 0.0938. The van der Waals surface area contributed by atoms with Crippen LogP contribution in [0.1, 0.15) is 42.0 Å². The number of amides is 1. The molecule has 0 aliphatic heterocycles. The summed E-state index contributed by atoms with van der Waals surface area (Å²) in [6.45, 7) is 1.81. The molecule has 1 heterocycles. The van der Waals surface area contributed by atoms with Crippen molar-refractivity contribution in [3.05, 3.63) is 53.9 Å². The van der Waals surface area contributed by atoms with E-state index in [9.17, 15) is 13.2 Å². The number of hydrogen-bond donors (Lipinski definition) is 3. The topological polar surface area (TPSA) is 113 Å². The van der Waals surface area contributed by atoms with Gasteiger partial charge in [-0.25, -0.2) is 18.1 Å². The van der Waals surface area contributed by atoms with Crippen molar-refractivity contribution < 1.29 is 17.9 Å². The van der Waals surface area contributed by atoms with Gasteiger partial charge in [-0.2, -0.15) is 0 Å². The molecule has 0 bridgehead atoms. The summed E-state index contributed by atoms with van der Waals surface area (Å²) in [5.41, 5.74) is 1.92. The molecule has 1 fully saturated rings. The molecule has 29 heavy (non-hydrogen) atoms. The molecule has 0 radical (unpaired) electrons. The third kappa shape index (κ3) is 4.10. The van der Waals surface area contributed by atoms with Gasteiger partial charge < -0.3 is 15.0 Å². The molecular weight excluding hydrogens is 392 g/mol. The van der Waals surface area contributed by atoms with E-state index in [0.717, 1.165) is 23.9 Å². The number of aromatic amines is 1. The minimum atomic E-state index is -3.77. The van der Waals surface area contributed by atoms with E-state index in [1.807, 2.05) is 31.2 Å². The minimum absolute atomic E-state index is 0.0454. The first-order valence-corrected chi connectivity index (χ1v) is 10.8. The van der Waals surface area contributed by atoms with Crippen LogP contribution < -0.4 is 14.8 Å². The summed E-state index contributed by atoms with van der Waals surface area (Å²) in [6.07, 6.45) is 1.63. The molecule has 3 N–H and O–H groups in total. The predicted octanol–water partition coefficient (Wildman–Crippen LogP) is 2.50. The molecule has 4 rings (SSSR count). The summed E-state index contributed by atoms with van der Waals surface area (Å²) in [6, 6.07) is 11.5. The molecule has 1 atom stereocenters. The van der Waals surface area contributed by atoms with Crippen molar-refractivity contribution in [3.63, 3.8) is 0 Å². The van der Waals surface area contributed by atoms with E-state index in [0.29, 0.717) is 5.82 Å². The number of carbonyl (C=O) groups is 1. The average Bonchev–Trinajstić information content (AvgIpc) is 3.40. The van der Waals surface area contributed by atoms with Crippen LogP contribution in [0, 0.1) is 0 Å². The number of fused-ring (bicyclic) bond motifs is 1. The maximum absolute atomic E-state index is 12.7. The van der Waals surface area contributed by atoms with E-state index in [4.69, 9.17) is 4.74 Å². The highest BCUT2D eigenvalue weighted by Gasteiger charge is 2.30. The summed E-state index contributed by atoms with van der Waals surface area (Å²) in [5, 5.41) is 2.85. The quantitative estimate of drug-likeness (QED) is 0.550. The number of ether oxygens (including phenoxy) is 1. The van der Waals surface area contributed by atoms with Crippen molar-refractivity contribution in [2.24, 2.45) is 0 Å². The van der Waals surface area contributed by atoms with Crippen molar-refractivity contribution in [1.29, 1.82) is 0 Å². The second kappa shape index (κ2) is 7.49. The van der Waals surface area contributed by atoms with E-state index < -0.39 is 15.9 Å². The fraction of sp³-hybridized carbons (Fsp3) is 0.300. The molecule has 1 aliphatic carbocycles. The normalized spacial score (nSPS) is 15.2. The molecule has 1 aliphatic rings. The summed E-state index contributed by atoms with van der Waals surface area (Å²) in [4.78, 5) is 20.4. The first kappa shape index (κ1) is 19.4. The molecular formula is C20H22N4O4S. The second-order valence-electron chi connectivity index (χ2n) is 7.10. The van der Waals surface area contributed by atoms with Gasteiger partial charge in [-0.15, -0.1) is 0 Å². The van der Waals surface area contributed by atoms with Crippen molar-refractivity contribution >= 4 is 27.0 Å². The lowest BCUT2D eigenvalue weighted by atomic mass is 10.2. The van der Waals surface area contributed by atoms with Gasteiger partial charge in [-0.3, -0.25) is 4.79 Å². The molecule has 0 saturated heterocycles. The molecule has 2 aromatic carbocycles. The Balaban J connectivity index is 1.57. The third-order valence-electron chi connectivity index (χ3n) is 4.78. The Kier molecular flexibility index (Phi) is 5.01. The minimum Gasteiger partial charge on any atom is -0.495 e. The summed E-state index contributed by atoms with van der Waals surface area (Å²) in [7, 11) is -2.37.